The monoisotopic (exact) mass is 382 g/mol. The Morgan fingerprint density at radius 3 is 2.79 bits per heavy atom. The molecule has 0 bridgehead atoms. The molecule has 10 heteroatoms. The van der Waals surface area contributed by atoms with Crippen LogP contribution in [0.4, 0.5) is 8.78 Å². The van der Waals surface area contributed by atoms with Crippen LogP contribution in [0.1, 0.15) is 17.0 Å². The quantitative estimate of drug-likeness (QED) is 0.656. The summed E-state index contributed by atoms with van der Waals surface area (Å²) < 4.78 is 39.9. The van der Waals surface area contributed by atoms with Gasteiger partial charge >= 0.3 is 5.69 Å². The first-order chi connectivity index (χ1) is 13.4. The van der Waals surface area contributed by atoms with Crippen LogP contribution in [0.2, 0.25) is 0 Å². The van der Waals surface area contributed by atoms with Crippen LogP contribution in [0.15, 0.2) is 35.1 Å². The second-order valence-electron chi connectivity index (χ2n) is 5.80. The maximum absolute atomic E-state index is 14.6. The molecule has 0 aliphatic heterocycles. The van der Waals surface area contributed by atoms with Crippen LogP contribution in [-0.4, -0.2) is 22.6 Å². The normalized spacial score (nSPS) is 10.5. The highest BCUT2D eigenvalue weighted by Crippen LogP contribution is 2.34. The molecule has 1 heterocycles. The van der Waals surface area contributed by atoms with Gasteiger partial charge in [0.05, 0.1) is 11.6 Å². The predicted molar refractivity (Wildman–Crippen MR) is 96.0 cm³/mol. The molecule has 7 nitrogen and oxygen atoms in total. The lowest BCUT2D eigenvalue weighted by molar-refractivity contribution is 0.274. The van der Waals surface area contributed by atoms with Gasteiger partial charge in [-0.15, -0.1) is 0 Å². The van der Waals surface area contributed by atoms with Gasteiger partial charge in [-0.05, 0) is 29.8 Å². The van der Waals surface area contributed by atoms with Crippen molar-refractivity contribution < 1.29 is 18.3 Å². The zero-order valence-corrected chi connectivity index (χ0v) is 14.7. The second-order valence-corrected chi connectivity index (χ2v) is 5.80. The first kappa shape index (κ1) is 19.2. The smallest absolute Gasteiger partial charge is 0.343 e. The van der Waals surface area contributed by atoms with Crippen LogP contribution in [0.3, 0.4) is 0 Å². The summed E-state index contributed by atoms with van der Waals surface area (Å²) in [6.07, 6.45) is 0. The first-order valence-electron chi connectivity index (χ1n) is 8.02. The third kappa shape index (κ3) is 3.88. The van der Waals surface area contributed by atoms with Crippen molar-refractivity contribution in [1.82, 2.24) is 14.8 Å². The van der Waals surface area contributed by atoms with Gasteiger partial charge in [-0.2, -0.15) is 10.4 Å². The molecule has 0 amide bonds. The minimum atomic E-state index is -0.877. The highest BCUT2D eigenvalue weighted by atomic mass is 19.1. The van der Waals surface area contributed by atoms with Crippen molar-refractivity contribution in [3.63, 3.8) is 0 Å². The van der Waals surface area contributed by atoms with Crippen molar-refractivity contribution in [1.29, 1.82) is 5.26 Å². The summed E-state index contributed by atoms with van der Waals surface area (Å²) in [7, 11) is 7.10. The number of alkyl halides is 1. The maximum Gasteiger partial charge on any atom is 0.343 e. The van der Waals surface area contributed by atoms with Crippen molar-refractivity contribution >= 4 is 13.3 Å². The summed E-state index contributed by atoms with van der Waals surface area (Å²) >= 11 is 0. The van der Waals surface area contributed by atoms with Crippen LogP contribution < -0.4 is 20.6 Å². The average Bonchev–Trinajstić information content (AvgIpc) is 3.02. The van der Waals surface area contributed by atoms with Crippen molar-refractivity contribution in [3.05, 3.63) is 63.6 Å². The number of rotatable bonds is 6. The van der Waals surface area contributed by atoms with E-state index in [-0.39, 0.29) is 46.3 Å². The highest BCUT2D eigenvalue weighted by Gasteiger charge is 2.17. The number of benzene rings is 2. The molecule has 0 aliphatic rings. The number of aromatic nitrogens is 3. The predicted octanol–water partition coefficient (Wildman–Crippen LogP) is 1.75. The van der Waals surface area contributed by atoms with Crippen LogP contribution in [0, 0.1) is 17.1 Å². The summed E-state index contributed by atoms with van der Waals surface area (Å²) in [5.74, 6) is -0.892. The van der Waals surface area contributed by atoms with Gasteiger partial charge in [0, 0.05) is 7.05 Å². The summed E-state index contributed by atoms with van der Waals surface area (Å²) in [6, 6.07) is 8.60. The van der Waals surface area contributed by atoms with E-state index < -0.39 is 18.2 Å². The van der Waals surface area contributed by atoms with Crippen molar-refractivity contribution in [2.75, 3.05) is 0 Å². The van der Waals surface area contributed by atoms with Crippen molar-refractivity contribution in [2.45, 2.75) is 13.3 Å². The fourth-order valence-corrected chi connectivity index (χ4v) is 2.39. The third-order valence-electron chi connectivity index (χ3n) is 3.89. The maximum atomic E-state index is 14.6. The lowest BCUT2D eigenvalue weighted by Gasteiger charge is -2.15. The Balaban J connectivity index is 1.94. The first-order valence-corrected chi connectivity index (χ1v) is 8.02. The summed E-state index contributed by atoms with van der Waals surface area (Å²) in [5, 5.41) is 15.1. The SMILES string of the molecule is [B]c1ccc(OCc2n[nH]c(=O)n2C)c(Oc2cc(C#N)cc(CF)c2)c1F. The highest BCUT2D eigenvalue weighted by molar-refractivity contribution is 6.32. The second kappa shape index (κ2) is 7.96. The lowest BCUT2D eigenvalue weighted by atomic mass is 9.95. The van der Waals surface area contributed by atoms with Gasteiger partial charge in [0.2, 0.25) is 5.75 Å². The number of ether oxygens (including phenoxy) is 2. The van der Waals surface area contributed by atoms with Crippen LogP contribution in [0.5, 0.6) is 17.2 Å². The van der Waals surface area contributed by atoms with E-state index in [4.69, 9.17) is 22.6 Å². The van der Waals surface area contributed by atoms with Gasteiger partial charge in [-0.25, -0.2) is 18.7 Å². The summed E-state index contributed by atoms with van der Waals surface area (Å²) in [4.78, 5) is 11.4. The molecule has 2 radical (unpaired) electrons. The fourth-order valence-electron chi connectivity index (χ4n) is 2.39. The summed E-state index contributed by atoms with van der Waals surface area (Å²) in [6.45, 7) is -0.968. The average molecular weight is 382 g/mol. The van der Waals surface area contributed by atoms with E-state index in [0.29, 0.717) is 0 Å². The zero-order chi connectivity index (χ0) is 20.3. The van der Waals surface area contributed by atoms with Crippen molar-refractivity contribution in [2.24, 2.45) is 7.05 Å². The number of halogens is 2. The number of H-pyrrole nitrogens is 1. The molecular weight excluding hydrogens is 369 g/mol. The largest absolute Gasteiger partial charge is 0.482 e. The molecule has 0 unspecified atom stereocenters. The molecule has 1 N–H and O–H groups in total. The Bertz CT molecular complexity index is 1120. The van der Waals surface area contributed by atoms with Gasteiger partial charge < -0.3 is 9.47 Å². The minimum absolute atomic E-state index is 0.00805. The number of aromatic amines is 1. The van der Waals surface area contributed by atoms with E-state index in [1.807, 2.05) is 6.07 Å². The number of hydrogen-bond acceptors (Lipinski definition) is 5. The topological polar surface area (TPSA) is 92.9 Å². The molecule has 1 aromatic heterocycles. The van der Waals surface area contributed by atoms with E-state index in [1.54, 1.807) is 0 Å². The molecule has 28 heavy (non-hydrogen) atoms. The molecule has 0 saturated heterocycles. The molecular formula is C18H13BF2N4O3. The molecule has 0 aliphatic carbocycles. The lowest BCUT2D eigenvalue weighted by Crippen LogP contribution is -2.16. The van der Waals surface area contributed by atoms with E-state index in [2.05, 4.69) is 10.2 Å². The van der Waals surface area contributed by atoms with Gasteiger partial charge in [-0.1, -0.05) is 11.5 Å². The van der Waals surface area contributed by atoms with E-state index >= 15 is 0 Å². The number of nitriles is 1. The van der Waals surface area contributed by atoms with E-state index in [0.717, 1.165) is 0 Å². The van der Waals surface area contributed by atoms with E-state index in [9.17, 15) is 13.6 Å². The molecule has 0 saturated carbocycles. The van der Waals surface area contributed by atoms with Gasteiger partial charge in [-0.3, -0.25) is 4.57 Å². The van der Waals surface area contributed by atoms with Gasteiger partial charge in [0.1, 0.15) is 26.9 Å². The van der Waals surface area contributed by atoms with Gasteiger partial charge in [0.25, 0.3) is 0 Å². The zero-order valence-electron chi connectivity index (χ0n) is 14.7. The number of nitrogens with zero attached hydrogens (tertiary/aromatic N) is 3. The van der Waals surface area contributed by atoms with Crippen molar-refractivity contribution in [3.8, 4) is 23.3 Å². The number of hydrogen-bond donors (Lipinski definition) is 1. The Morgan fingerprint density at radius 1 is 1.36 bits per heavy atom. The molecule has 3 aromatic rings. The molecule has 140 valence electrons. The van der Waals surface area contributed by atoms with E-state index in [1.165, 1.54) is 41.9 Å². The fraction of sp³-hybridized carbons (Fsp3) is 0.167. The molecule has 0 atom stereocenters. The Hall–Kier alpha value is -3.61. The third-order valence-corrected chi connectivity index (χ3v) is 3.89. The Kier molecular flexibility index (Phi) is 5.45. The molecule has 3 rings (SSSR count). The molecule has 2 aromatic carbocycles. The Morgan fingerprint density at radius 2 is 2.14 bits per heavy atom. The summed E-state index contributed by atoms with van der Waals surface area (Å²) in [5.41, 5.74) is -0.252. The minimum Gasteiger partial charge on any atom is -0.482 e. The van der Waals surface area contributed by atoms with Crippen LogP contribution in [-0.2, 0) is 20.3 Å². The molecule has 0 spiro atoms. The Labute approximate surface area is 159 Å². The van der Waals surface area contributed by atoms with Crippen LogP contribution >= 0.6 is 0 Å². The van der Waals surface area contributed by atoms with Gasteiger partial charge in [0.15, 0.2) is 17.4 Å². The number of nitrogens with one attached hydrogen (secondary N) is 1. The van der Waals surface area contributed by atoms with Crippen LogP contribution in [0.25, 0.3) is 0 Å². The molecule has 0 fully saturated rings. The standard InChI is InChI=1S/C18H13BF2N4O3/c1-25-15(23-24-18(25)26)9-27-14-3-2-13(19)16(21)17(14)28-12-5-10(7-20)4-11(6-12)8-22/h2-6H,7,9H2,1H3,(H,24,26).